The third-order valence-electron chi connectivity index (χ3n) is 2.20. The molecule has 2 heterocycles. The van der Waals surface area contributed by atoms with E-state index in [9.17, 15) is 10.1 Å². The number of nitro groups is 1. The fourth-order valence-corrected chi connectivity index (χ4v) is 1.37. The Hall–Kier alpha value is -2.64. The Bertz CT molecular complexity index is 556. The Kier molecular flexibility index (Phi) is 3.91. The summed E-state index contributed by atoms with van der Waals surface area (Å²) in [6.07, 6.45) is 2.61. The average molecular weight is 264 g/mol. The van der Waals surface area contributed by atoms with Crippen molar-refractivity contribution in [1.29, 1.82) is 0 Å². The zero-order chi connectivity index (χ0) is 13.7. The van der Waals surface area contributed by atoms with Gasteiger partial charge in [0.05, 0.1) is 11.2 Å². The summed E-state index contributed by atoms with van der Waals surface area (Å²) in [6.45, 7) is 2.54. The van der Waals surface area contributed by atoms with Gasteiger partial charge in [0.15, 0.2) is 0 Å². The monoisotopic (exact) mass is 264 g/mol. The molecule has 0 aliphatic heterocycles. The van der Waals surface area contributed by atoms with E-state index in [1.54, 1.807) is 12.1 Å². The van der Waals surface area contributed by atoms with E-state index in [-0.39, 0.29) is 24.1 Å². The van der Waals surface area contributed by atoms with Gasteiger partial charge in [-0.15, -0.1) is 0 Å². The van der Waals surface area contributed by atoms with Gasteiger partial charge in [0.25, 0.3) is 5.88 Å². The third kappa shape index (κ3) is 3.18. The van der Waals surface area contributed by atoms with Gasteiger partial charge in [0.1, 0.15) is 18.6 Å². The number of hydrogen-bond acceptors (Lipinski definition) is 7. The lowest BCUT2D eigenvalue weighted by Gasteiger charge is -2.06. The Labute approximate surface area is 108 Å². The minimum absolute atomic E-state index is 0.0659. The van der Waals surface area contributed by atoms with Crippen molar-refractivity contribution in [2.75, 3.05) is 11.9 Å². The molecule has 2 rings (SSSR count). The normalized spacial score (nSPS) is 10.2. The molecule has 0 amide bonds. The Balaban J connectivity index is 2.19. The first-order valence-electron chi connectivity index (χ1n) is 5.61. The van der Waals surface area contributed by atoms with Crippen molar-refractivity contribution in [2.24, 2.45) is 0 Å². The van der Waals surface area contributed by atoms with E-state index >= 15 is 0 Å². The third-order valence-corrected chi connectivity index (χ3v) is 2.20. The van der Waals surface area contributed by atoms with Crippen molar-refractivity contribution in [3.05, 3.63) is 40.5 Å². The van der Waals surface area contributed by atoms with Gasteiger partial charge in [-0.3, -0.25) is 10.1 Å². The molecule has 0 atom stereocenters. The van der Waals surface area contributed by atoms with Crippen LogP contribution in [0.4, 0.5) is 11.6 Å². The van der Waals surface area contributed by atoms with Crippen LogP contribution in [-0.4, -0.2) is 21.4 Å². The molecule has 0 spiro atoms. The second-order valence-electron chi connectivity index (χ2n) is 3.54. The first kappa shape index (κ1) is 12.8. The summed E-state index contributed by atoms with van der Waals surface area (Å²) in [5, 5.41) is 13.7. The van der Waals surface area contributed by atoms with Gasteiger partial charge in [0, 0.05) is 6.54 Å². The van der Waals surface area contributed by atoms with Crippen LogP contribution in [0, 0.1) is 10.1 Å². The second kappa shape index (κ2) is 5.80. The number of aromatic nitrogens is 2. The molecule has 1 N–H and O–H groups in total. The number of rotatable bonds is 6. The molecule has 0 fully saturated rings. The number of ether oxygens (including phenoxy) is 1. The van der Waals surface area contributed by atoms with Gasteiger partial charge < -0.3 is 14.5 Å². The maximum atomic E-state index is 10.9. The average Bonchev–Trinajstić information content (AvgIpc) is 2.89. The first-order chi connectivity index (χ1) is 9.20. The van der Waals surface area contributed by atoms with E-state index in [2.05, 4.69) is 15.3 Å². The van der Waals surface area contributed by atoms with Crippen LogP contribution in [0.2, 0.25) is 0 Å². The molecule has 8 heteroatoms. The molecule has 0 saturated heterocycles. The van der Waals surface area contributed by atoms with Gasteiger partial charge in [-0.25, -0.2) is 4.98 Å². The molecule has 0 bridgehead atoms. The van der Waals surface area contributed by atoms with E-state index in [4.69, 9.17) is 9.15 Å². The van der Waals surface area contributed by atoms with Crippen LogP contribution in [0.3, 0.4) is 0 Å². The zero-order valence-corrected chi connectivity index (χ0v) is 10.2. The van der Waals surface area contributed by atoms with Gasteiger partial charge in [-0.05, 0) is 19.1 Å². The first-order valence-corrected chi connectivity index (χ1v) is 5.61. The highest BCUT2D eigenvalue weighted by molar-refractivity contribution is 5.43. The van der Waals surface area contributed by atoms with Gasteiger partial charge >= 0.3 is 5.69 Å². The smallest absolute Gasteiger partial charge is 0.349 e. The molecule has 100 valence electrons. The van der Waals surface area contributed by atoms with Crippen molar-refractivity contribution in [1.82, 2.24) is 9.97 Å². The maximum absolute atomic E-state index is 10.9. The largest absolute Gasteiger partial charge is 0.466 e. The van der Waals surface area contributed by atoms with Crippen molar-refractivity contribution < 1.29 is 14.1 Å². The van der Waals surface area contributed by atoms with Crippen LogP contribution < -0.4 is 10.1 Å². The summed E-state index contributed by atoms with van der Waals surface area (Å²) in [6, 6.07) is 3.41. The van der Waals surface area contributed by atoms with Gasteiger partial charge in [-0.1, -0.05) is 0 Å². The Morgan fingerprint density at radius 1 is 1.58 bits per heavy atom. The number of anilines is 1. The quantitative estimate of drug-likeness (QED) is 0.628. The van der Waals surface area contributed by atoms with Crippen LogP contribution in [0.5, 0.6) is 5.88 Å². The summed E-state index contributed by atoms with van der Waals surface area (Å²) in [4.78, 5) is 18.0. The van der Waals surface area contributed by atoms with E-state index in [1.165, 1.54) is 6.26 Å². The lowest BCUT2D eigenvalue weighted by atomic mass is 10.4. The van der Waals surface area contributed by atoms with E-state index < -0.39 is 4.92 Å². The van der Waals surface area contributed by atoms with E-state index in [0.29, 0.717) is 12.3 Å². The molecule has 19 heavy (non-hydrogen) atoms. The maximum Gasteiger partial charge on any atom is 0.349 e. The Morgan fingerprint density at radius 2 is 2.42 bits per heavy atom. The Morgan fingerprint density at radius 3 is 3.05 bits per heavy atom. The molecule has 0 unspecified atom stereocenters. The lowest BCUT2D eigenvalue weighted by Crippen LogP contribution is -2.06. The molecule has 0 saturated carbocycles. The number of nitrogens with one attached hydrogen (secondary N) is 1. The number of hydrogen-bond donors (Lipinski definition) is 1. The predicted molar refractivity (Wildman–Crippen MR) is 65.9 cm³/mol. The zero-order valence-electron chi connectivity index (χ0n) is 10.2. The van der Waals surface area contributed by atoms with Crippen molar-refractivity contribution in [3.63, 3.8) is 0 Å². The van der Waals surface area contributed by atoms with E-state index in [0.717, 1.165) is 6.20 Å². The molecular weight excluding hydrogens is 252 g/mol. The minimum Gasteiger partial charge on any atom is -0.466 e. The van der Waals surface area contributed by atoms with Crippen molar-refractivity contribution in [2.45, 2.75) is 13.5 Å². The lowest BCUT2D eigenvalue weighted by molar-refractivity contribution is -0.386. The summed E-state index contributed by atoms with van der Waals surface area (Å²) in [7, 11) is 0. The van der Waals surface area contributed by atoms with Crippen LogP contribution in [0.15, 0.2) is 29.0 Å². The van der Waals surface area contributed by atoms with Gasteiger partial charge in [-0.2, -0.15) is 4.98 Å². The highest BCUT2D eigenvalue weighted by Crippen LogP contribution is 2.25. The number of nitrogens with zero attached hydrogens (tertiary/aromatic N) is 3. The molecular formula is C11H12N4O4. The molecule has 2 aromatic heterocycles. The standard InChI is InChI=1S/C11H12N4O4/c1-2-12-11-13-6-9(15(16)17)10(14-11)19-7-8-4-3-5-18-8/h3-6H,2,7H2,1H3,(H,12,13,14). The fraction of sp³-hybridized carbons (Fsp3) is 0.273. The molecule has 8 nitrogen and oxygen atoms in total. The highest BCUT2D eigenvalue weighted by Gasteiger charge is 2.19. The van der Waals surface area contributed by atoms with Crippen LogP contribution in [0.1, 0.15) is 12.7 Å². The molecule has 2 aromatic rings. The fourth-order valence-electron chi connectivity index (χ4n) is 1.37. The van der Waals surface area contributed by atoms with Crippen molar-refractivity contribution in [3.8, 4) is 5.88 Å². The van der Waals surface area contributed by atoms with E-state index in [1.807, 2.05) is 6.92 Å². The molecule has 0 aromatic carbocycles. The summed E-state index contributed by atoms with van der Waals surface area (Å²) in [5.41, 5.74) is -0.284. The summed E-state index contributed by atoms with van der Waals surface area (Å²) < 4.78 is 10.4. The van der Waals surface area contributed by atoms with Gasteiger partial charge in [0.2, 0.25) is 5.95 Å². The summed E-state index contributed by atoms with van der Waals surface area (Å²) in [5.74, 6) is 0.743. The highest BCUT2D eigenvalue weighted by atomic mass is 16.6. The van der Waals surface area contributed by atoms with Crippen LogP contribution in [-0.2, 0) is 6.61 Å². The number of furan rings is 1. The predicted octanol–water partition coefficient (Wildman–Crippen LogP) is 1.99. The second-order valence-corrected chi connectivity index (χ2v) is 3.54. The summed E-state index contributed by atoms with van der Waals surface area (Å²) >= 11 is 0. The minimum atomic E-state index is -0.590. The SMILES string of the molecule is CCNc1ncc([N+](=O)[O-])c(OCc2ccco2)n1. The molecule has 0 aliphatic rings. The topological polar surface area (TPSA) is 103 Å². The van der Waals surface area contributed by atoms with Crippen molar-refractivity contribution >= 4 is 11.6 Å². The molecule has 0 radical (unpaired) electrons. The molecule has 0 aliphatic carbocycles. The van der Waals surface area contributed by atoms with Crippen LogP contribution >= 0.6 is 0 Å². The van der Waals surface area contributed by atoms with Crippen LogP contribution in [0.25, 0.3) is 0 Å².